The van der Waals surface area contributed by atoms with Crippen LogP contribution in [0.3, 0.4) is 0 Å². The van der Waals surface area contributed by atoms with Gasteiger partial charge in [-0.2, -0.15) is 0 Å². The Labute approximate surface area is 182 Å². The second kappa shape index (κ2) is 10.6. The molecule has 0 fully saturated rings. The van der Waals surface area contributed by atoms with Crippen LogP contribution in [0.25, 0.3) is 0 Å². The molecule has 0 saturated heterocycles. The minimum Gasteiger partial charge on any atom is -0.508 e. The Morgan fingerprint density at radius 3 is 2.67 bits per heavy atom. The van der Waals surface area contributed by atoms with Crippen LogP contribution in [0.4, 0.5) is 4.79 Å². The Morgan fingerprint density at radius 1 is 1.20 bits per heavy atom. The first-order valence-electron chi connectivity index (χ1n) is 9.40. The van der Waals surface area contributed by atoms with Gasteiger partial charge in [0.1, 0.15) is 23.0 Å². The van der Waals surface area contributed by atoms with Crippen molar-refractivity contribution in [3.05, 3.63) is 65.7 Å². The lowest BCUT2D eigenvalue weighted by Gasteiger charge is -2.19. The summed E-state index contributed by atoms with van der Waals surface area (Å²) in [4.78, 5) is 30.2. The first-order chi connectivity index (χ1) is 14.5. The minimum atomic E-state index is -0.888. The lowest BCUT2D eigenvalue weighted by molar-refractivity contribution is -0.123. The molecule has 158 valence electrons. The molecule has 0 aromatic heterocycles. The highest BCUT2D eigenvalue weighted by Gasteiger charge is 2.25. The van der Waals surface area contributed by atoms with Gasteiger partial charge in [-0.1, -0.05) is 47.6 Å². The molecule has 0 saturated carbocycles. The number of carbonyl (C=O) groups is 2. The van der Waals surface area contributed by atoms with E-state index in [0.29, 0.717) is 16.6 Å². The molecule has 9 heteroatoms. The number of nitrogens with one attached hydrogen (secondary N) is 2. The molecule has 0 radical (unpaired) electrons. The van der Waals surface area contributed by atoms with Crippen LogP contribution in [0.15, 0.2) is 59.8 Å². The average Bonchev–Trinajstić information content (AvgIpc) is 3.16. The van der Waals surface area contributed by atoms with Crippen LogP contribution in [0, 0.1) is 0 Å². The molecule has 0 bridgehead atoms. The summed E-state index contributed by atoms with van der Waals surface area (Å²) in [5.41, 5.74) is 1.53. The number of alkyl carbamates (subject to hydrolysis) is 1. The molecule has 30 heavy (non-hydrogen) atoms. The number of amides is 2. The molecule has 2 amide bonds. The fourth-order valence-electron chi connectivity index (χ4n) is 2.88. The highest BCUT2D eigenvalue weighted by atomic mass is 79.9. The number of phenolic OH excluding ortho intramolecular Hbond substituents is 1. The third kappa shape index (κ3) is 6.77. The van der Waals surface area contributed by atoms with Gasteiger partial charge in [-0.25, -0.2) is 4.79 Å². The lowest BCUT2D eigenvalue weighted by Crippen LogP contribution is -2.49. The number of carbonyl (C=O) groups excluding carboxylic acids is 2. The number of ether oxygens (including phenoxy) is 1. The SMILES string of the molecule is O=C(NC(Cc1cccc(O)c1)C(=O)NCC1CC(Br)=NO1)OCc1ccccc1. The molecule has 8 nitrogen and oxygen atoms in total. The summed E-state index contributed by atoms with van der Waals surface area (Å²) < 4.78 is 5.91. The molecule has 2 aromatic carbocycles. The van der Waals surface area contributed by atoms with Gasteiger partial charge in [-0.05, 0) is 39.2 Å². The van der Waals surface area contributed by atoms with Crippen molar-refractivity contribution in [1.29, 1.82) is 0 Å². The van der Waals surface area contributed by atoms with Crippen molar-refractivity contribution in [3.8, 4) is 5.75 Å². The third-order valence-electron chi connectivity index (χ3n) is 4.37. The summed E-state index contributed by atoms with van der Waals surface area (Å²) >= 11 is 3.25. The zero-order chi connectivity index (χ0) is 21.3. The Morgan fingerprint density at radius 2 is 1.97 bits per heavy atom. The van der Waals surface area contributed by atoms with Gasteiger partial charge in [0.2, 0.25) is 5.91 Å². The van der Waals surface area contributed by atoms with E-state index in [9.17, 15) is 14.7 Å². The van der Waals surface area contributed by atoms with Crippen molar-refractivity contribution in [3.63, 3.8) is 0 Å². The molecule has 1 aliphatic heterocycles. The second-order valence-corrected chi connectivity index (χ2v) is 7.69. The number of oxime groups is 1. The molecule has 3 N–H and O–H groups in total. The largest absolute Gasteiger partial charge is 0.508 e. The first kappa shape index (κ1) is 21.6. The second-order valence-electron chi connectivity index (χ2n) is 6.78. The van der Waals surface area contributed by atoms with E-state index in [1.54, 1.807) is 18.2 Å². The predicted molar refractivity (Wildman–Crippen MR) is 114 cm³/mol. The van der Waals surface area contributed by atoms with Gasteiger partial charge in [0, 0.05) is 12.8 Å². The fourth-order valence-corrected chi connectivity index (χ4v) is 3.32. The summed E-state index contributed by atoms with van der Waals surface area (Å²) in [6.45, 7) is 0.336. The lowest BCUT2D eigenvalue weighted by atomic mass is 10.0. The summed E-state index contributed by atoms with van der Waals surface area (Å²) in [5, 5.41) is 18.8. The van der Waals surface area contributed by atoms with Crippen molar-refractivity contribution < 1.29 is 24.3 Å². The van der Waals surface area contributed by atoms with Crippen LogP contribution < -0.4 is 10.6 Å². The van der Waals surface area contributed by atoms with E-state index in [-0.39, 0.29) is 37.3 Å². The number of hydrogen-bond donors (Lipinski definition) is 3. The molecule has 2 aromatic rings. The zero-order valence-corrected chi connectivity index (χ0v) is 17.7. The number of benzene rings is 2. The topological polar surface area (TPSA) is 109 Å². The maximum Gasteiger partial charge on any atom is 0.408 e. The van der Waals surface area contributed by atoms with Crippen LogP contribution in [0.2, 0.25) is 0 Å². The molecule has 2 unspecified atom stereocenters. The third-order valence-corrected chi connectivity index (χ3v) is 4.84. The normalized spacial score (nSPS) is 16.2. The Bertz CT molecular complexity index is 907. The minimum absolute atomic E-state index is 0.0830. The van der Waals surface area contributed by atoms with Crippen molar-refractivity contribution in [2.75, 3.05) is 6.54 Å². The molecule has 3 rings (SSSR count). The Hall–Kier alpha value is -3.07. The van der Waals surface area contributed by atoms with E-state index in [1.165, 1.54) is 6.07 Å². The monoisotopic (exact) mass is 475 g/mol. The fraction of sp³-hybridized carbons (Fsp3) is 0.286. The zero-order valence-electron chi connectivity index (χ0n) is 16.1. The average molecular weight is 476 g/mol. The first-order valence-corrected chi connectivity index (χ1v) is 10.2. The van der Waals surface area contributed by atoms with Gasteiger partial charge in [0.05, 0.1) is 6.54 Å². The molecule has 1 heterocycles. The van der Waals surface area contributed by atoms with Crippen LogP contribution in [-0.4, -0.2) is 40.4 Å². The van der Waals surface area contributed by atoms with E-state index in [2.05, 4.69) is 31.7 Å². The van der Waals surface area contributed by atoms with Gasteiger partial charge >= 0.3 is 6.09 Å². The highest BCUT2D eigenvalue weighted by Crippen LogP contribution is 2.15. The summed E-state index contributed by atoms with van der Waals surface area (Å²) in [6.07, 6.45) is -0.228. The van der Waals surface area contributed by atoms with Crippen LogP contribution in [0.5, 0.6) is 5.75 Å². The van der Waals surface area contributed by atoms with E-state index in [4.69, 9.17) is 9.57 Å². The van der Waals surface area contributed by atoms with Crippen LogP contribution >= 0.6 is 15.9 Å². The molecular weight excluding hydrogens is 454 g/mol. The smallest absolute Gasteiger partial charge is 0.408 e. The highest BCUT2D eigenvalue weighted by molar-refractivity contribution is 9.18. The maximum absolute atomic E-state index is 12.7. The van der Waals surface area contributed by atoms with Crippen molar-refractivity contribution in [1.82, 2.24) is 10.6 Å². The molecule has 2 atom stereocenters. The molecule has 1 aliphatic rings. The maximum atomic E-state index is 12.7. The Kier molecular flexibility index (Phi) is 7.67. The van der Waals surface area contributed by atoms with Gasteiger partial charge < -0.3 is 25.3 Å². The number of aromatic hydroxyl groups is 1. The van der Waals surface area contributed by atoms with Gasteiger partial charge in [-0.15, -0.1) is 0 Å². The van der Waals surface area contributed by atoms with E-state index in [1.807, 2.05) is 30.3 Å². The Balaban J connectivity index is 1.59. The van der Waals surface area contributed by atoms with Crippen molar-refractivity contribution >= 4 is 32.6 Å². The van der Waals surface area contributed by atoms with Crippen LogP contribution in [-0.2, 0) is 27.4 Å². The van der Waals surface area contributed by atoms with E-state index in [0.717, 1.165) is 5.56 Å². The summed E-state index contributed by atoms with van der Waals surface area (Å²) in [5.74, 6) is -0.304. The number of rotatable bonds is 8. The molecule has 0 aliphatic carbocycles. The number of nitrogens with zero attached hydrogens (tertiary/aromatic N) is 1. The quantitative estimate of drug-likeness (QED) is 0.543. The number of halogens is 1. The molecule has 0 spiro atoms. The standard InChI is InChI=1S/C21H22BrN3O5/c22-19-11-17(30-25-19)12-23-20(27)18(10-15-7-4-8-16(26)9-15)24-21(28)29-13-14-5-2-1-3-6-14/h1-9,17-18,26H,10-13H2,(H,23,27)(H,24,28). The van der Waals surface area contributed by atoms with Crippen molar-refractivity contribution in [2.45, 2.75) is 31.6 Å². The van der Waals surface area contributed by atoms with Gasteiger partial charge in [-0.3, -0.25) is 4.79 Å². The summed E-state index contributed by atoms with van der Waals surface area (Å²) in [6, 6.07) is 14.9. The molecular formula is C21H22BrN3O5. The van der Waals surface area contributed by atoms with Crippen molar-refractivity contribution in [2.24, 2.45) is 5.16 Å². The number of phenols is 1. The van der Waals surface area contributed by atoms with Gasteiger partial charge in [0.15, 0.2) is 6.10 Å². The van der Waals surface area contributed by atoms with Gasteiger partial charge in [0.25, 0.3) is 0 Å². The number of hydrogen-bond acceptors (Lipinski definition) is 6. The summed E-state index contributed by atoms with van der Waals surface area (Å²) in [7, 11) is 0. The van der Waals surface area contributed by atoms with Crippen LogP contribution in [0.1, 0.15) is 17.5 Å². The van der Waals surface area contributed by atoms with E-state index >= 15 is 0 Å². The van der Waals surface area contributed by atoms with E-state index < -0.39 is 12.1 Å². The predicted octanol–water partition coefficient (Wildman–Crippen LogP) is 2.84.